The number of para-hydroxylation sites is 4. The van der Waals surface area contributed by atoms with Crippen LogP contribution in [0.1, 0.15) is 174 Å². The van der Waals surface area contributed by atoms with Gasteiger partial charge in [-0.25, -0.2) is 0 Å². The van der Waals surface area contributed by atoms with Crippen LogP contribution in [0.3, 0.4) is 0 Å². The van der Waals surface area contributed by atoms with Gasteiger partial charge in [0.15, 0.2) is 0 Å². The number of nitrogen functional groups attached to an aromatic ring is 1. The van der Waals surface area contributed by atoms with Gasteiger partial charge in [-0.05, 0) is 209 Å². The second-order valence-electron chi connectivity index (χ2n) is 27.3. The number of hydrogen-bond acceptors (Lipinski definition) is 11. The fraction of sp³-hybridized carbons (Fsp3) is 0.648. The van der Waals surface area contributed by atoms with E-state index in [1.165, 1.54) is 146 Å². The number of piperidine rings is 15. The first kappa shape index (κ1) is 105. The molecule has 0 saturated carbocycles. The zero-order chi connectivity index (χ0) is 77.8. The van der Waals surface area contributed by atoms with Crippen molar-refractivity contribution in [3.63, 3.8) is 0 Å². The van der Waals surface area contributed by atoms with Gasteiger partial charge in [-0.1, -0.05) is 234 Å². The number of fused-ring (bicyclic) bond motifs is 15. The summed E-state index contributed by atoms with van der Waals surface area (Å²) in [7, 11) is 5.44. The molecule has 0 amide bonds. The van der Waals surface area contributed by atoms with E-state index in [-0.39, 0.29) is 7.43 Å². The summed E-state index contributed by atoms with van der Waals surface area (Å²) in [6.45, 7) is 55.8. The van der Waals surface area contributed by atoms with Gasteiger partial charge in [-0.3, -0.25) is 9.69 Å². The predicted octanol–water partition coefficient (Wildman–Crippen LogP) is 20.2. The van der Waals surface area contributed by atoms with E-state index in [0.717, 1.165) is 68.4 Å². The summed E-state index contributed by atoms with van der Waals surface area (Å²) in [6.07, 6.45) is 13.2. The maximum Gasteiger partial charge on any atom is 0.0417 e. The minimum atomic E-state index is -0.543. The number of carbonyl (C=O) groups is 1. The Labute approximate surface area is 668 Å². The third-order valence-electron chi connectivity index (χ3n) is 19.3. The van der Waals surface area contributed by atoms with Crippen LogP contribution in [-0.2, 0) is 4.79 Å². The molecule has 5 aromatic carbocycles. The number of rotatable bonds is 7. The van der Waals surface area contributed by atoms with Crippen LogP contribution in [-0.4, -0.2) is 216 Å². The van der Waals surface area contributed by atoms with E-state index in [1.54, 1.807) is 22.5 Å². The zero-order valence-electron chi connectivity index (χ0n) is 70.3. The number of nitrogens with two attached hydrogens (primary N) is 2. The van der Waals surface area contributed by atoms with E-state index in [0.29, 0.717) is 49.0 Å². The largest absolute Gasteiger partial charge is 0.381 e. The van der Waals surface area contributed by atoms with Crippen LogP contribution in [0.25, 0.3) is 0 Å². The number of ketones is 1. The molecule has 15 aliphatic heterocycles. The monoisotopic (exact) mass is 1650 g/mol. The van der Waals surface area contributed by atoms with E-state index in [4.69, 9.17) is 19.2 Å². The molecule has 7 N–H and O–H groups in total. The molecule has 15 saturated heterocycles. The SMILES string of the molecule is C.CC.CC.CC.CC.CC.CC.CC.Cc1ccccc1.N[C@H]1CN2CCC1CC2.Nc1ccccc1.O=C1CN2CCC1CC2.[B]B(C)B(C)C.[CH3][Sn].[CH3][Sn]([CH3])[CH3].c1ccc(N[C@H]2CN3CCC2CC3)cc1.c1ccc(N[C@H]2CN3CCC2CC3)cc1.c1ccc(N[C@H]2CN3CCC2CC3)cc1. The summed E-state index contributed by atoms with van der Waals surface area (Å²) < 4.78 is 0. The van der Waals surface area contributed by atoms with Crippen molar-refractivity contribution in [3.8, 4) is 0 Å². The van der Waals surface area contributed by atoms with E-state index in [2.05, 4.69) is 184 Å². The number of nitrogens with one attached hydrogen (secondary N) is 3. The Morgan fingerprint density at radius 2 is 0.635 bits per heavy atom. The molecule has 6 radical (unpaired) electrons. The zero-order valence-corrected chi connectivity index (χ0v) is 76.0. The molecule has 0 unspecified atom stereocenters. The van der Waals surface area contributed by atoms with E-state index < -0.39 is 19.8 Å². The van der Waals surface area contributed by atoms with E-state index in [1.807, 2.05) is 152 Å². The van der Waals surface area contributed by atoms with Crippen LogP contribution < -0.4 is 27.4 Å². The molecule has 5 aromatic rings. The normalized spacial score (nSPS) is 25.0. The molecular formula is C88H161B3N10OSn2. The van der Waals surface area contributed by atoms with Gasteiger partial charge in [0, 0.05) is 86.8 Å². The standard InChI is InChI=1S/3C13H18N2.C7H14N2.C7H11NO.C7H8.C6H7N.C3H9B3.7C2H6.CH4.4CH3.2Sn/c3*1-2-4-12(5-3-1)14-13-10-15-8-6-11(13)7-9-15;8-7-5-9-3-1-6(7)2-4-9;9-7-5-8-3-1-6(7)2-4-8;1-7-5-3-2-4-6-7;7-6-4-2-1-3-5-6;1-5(2)6(3)4;7*1-2;;;;;;;/h3*1-5,11,13-14H,6-10H2;6-7H,1-5,8H2;6H,1-5H2;2-6H,1H3;1-5H,7H2;1-3H3;7*1-2H3;1H4;4*1H3;;/t3*13-;7-;;;;;;;;;;;;;;;;;;/m0000................../s1. The third kappa shape index (κ3) is 46.1. The molecule has 11 nitrogen and oxygen atoms in total. The van der Waals surface area contributed by atoms with Crippen LogP contribution in [0, 0.1) is 36.5 Å². The Bertz CT molecular complexity index is 2360. The van der Waals surface area contributed by atoms with Gasteiger partial charge in [0.05, 0.1) is 19.6 Å². The second-order valence-corrected chi connectivity index (χ2v) is 35.8. The Morgan fingerprint density at radius 1 is 0.404 bits per heavy atom. The minimum absolute atomic E-state index is 0. The van der Waals surface area contributed by atoms with Gasteiger partial charge in [0.1, 0.15) is 5.78 Å². The van der Waals surface area contributed by atoms with Crippen molar-refractivity contribution < 1.29 is 4.79 Å². The Balaban J connectivity index is -0.00000110. The van der Waals surface area contributed by atoms with Crippen molar-refractivity contribution in [2.24, 2.45) is 35.3 Å². The topological polar surface area (TPSA) is 121 Å². The number of aryl methyl sites for hydroxylation is 1. The van der Waals surface area contributed by atoms with Gasteiger partial charge in [0.25, 0.3) is 0 Å². The Morgan fingerprint density at radius 3 is 0.769 bits per heavy atom. The van der Waals surface area contributed by atoms with Crippen molar-refractivity contribution >= 4 is 91.7 Å². The van der Waals surface area contributed by atoms with Gasteiger partial charge in [-0.15, -0.1) is 0 Å². The summed E-state index contributed by atoms with van der Waals surface area (Å²) in [5.74, 6) is 4.47. The van der Waals surface area contributed by atoms with Crippen LogP contribution in [0.2, 0.25) is 40.2 Å². The van der Waals surface area contributed by atoms with Gasteiger partial charge in [-0.2, -0.15) is 0 Å². The predicted molar refractivity (Wildman–Crippen MR) is 478 cm³/mol. The molecule has 0 aliphatic carbocycles. The van der Waals surface area contributed by atoms with Crippen molar-refractivity contribution in [2.75, 3.05) is 120 Å². The molecule has 0 aromatic heterocycles. The molecule has 586 valence electrons. The van der Waals surface area contributed by atoms with Crippen molar-refractivity contribution in [1.29, 1.82) is 0 Å². The summed E-state index contributed by atoms with van der Waals surface area (Å²) in [5, 5.41) is 11.0. The smallest absolute Gasteiger partial charge is 0.0417 e. The van der Waals surface area contributed by atoms with Gasteiger partial charge in [0.2, 0.25) is 0 Å². The second kappa shape index (κ2) is 68.8. The van der Waals surface area contributed by atoms with Crippen molar-refractivity contribution in [2.45, 2.75) is 240 Å². The van der Waals surface area contributed by atoms with Gasteiger partial charge >= 0.3 is 62.0 Å². The fourth-order valence-electron chi connectivity index (χ4n) is 13.4. The van der Waals surface area contributed by atoms with Crippen LogP contribution in [0.5, 0.6) is 0 Å². The van der Waals surface area contributed by atoms with Crippen LogP contribution in [0.15, 0.2) is 152 Å². The molecule has 10 bridgehead atoms. The molecule has 0 spiro atoms. The molecule has 15 fully saturated rings. The maximum absolute atomic E-state index is 11.0. The Hall–Kier alpha value is -3.48. The molecule has 4 atom stereocenters. The van der Waals surface area contributed by atoms with Gasteiger partial charge < -0.3 is 47.0 Å². The summed E-state index contributed by atoms with van der Waals surface area (Å²) in [6, 6.07) is 54.1. The first-order valence-corrected chi connectivity index (χ1v) is 52.7. The quantitative estimate of drug-likeness (QED) is 0.0791. The number of nitrogens with zero attached hydrogens (tertiary/aromatic N) is 5. The average Bonchev–Trinajstić information content (AvgIpc) is 1.21. The van der Waals surface area contributed by atoms with Crippen molar-refractivity contribution in [1.82, 2.24) is 24.5 Å². The molecule has 15 heterocycles. The average molecular weight is 1650 g/mol. The summed E-state index contributed by atoms with van der Waals surface area (Å²) in [5.41, 5.74) is 17.2. The molecule has 16 heteroatoms. The molecule has 20 rings (SSSR count). The van der Waals surface area contributed by atoms with Crippen LogP contribution >= 0.6 is 0 Å². The Kier molecular flexibility index (Phi) is 69.2. The fourth-order valence-corrected chi connectivity index (χ4v) is 13.4. The molecule has 104 heavy (non-hydrogen) atoms. The van der Waals surface area contributed by atoms with Crippen LogP contribution in [0.4, 0.5) is 22.7 Å². The van der Waals surface area contributed by atoms with E-state index >= 15 is 0 Å². The van der Waals surface area contributed by atoms with E-state index in [9.17, 15) is 4.79 Å². The number of anilines is 4. The summed E-state index contributed by atoms with van der Waals surface area (Å²) in [4.78, 5) is 32.7. The van der Waals surface area contributed by atoms with Crippen molar-refractivity contribution in [3.05, 3.63) is 157 Å². The maximum atomic E-state index is 11.0. The number of carbonyl (C=O) groups excluding carboxylic acids is 1. The first-order valence-electron chi connectivity index (χ1n) is 41.3. The minimum Gasteiger partial charge on any atom is -0.381 e. The number of Topliss-reactive ketones (excluding diaryl/α,β-unsaturated/α-hetero) is 1. The third-order valence-corrected chi connectivity index (χ3v) is 19.3. The molecular weight excluding hydrogens is 1480 g/mol. The number of hydrogen-bond donors (Lipinski definition) is 5. The first-order chi connectivity index (χ1) is 50.1. The molecule has 15 aliphatic rings. The summed E-state index contributed by atoms with van der Waals surface area (Å²) >= 11 is 1.01. The number of benzene rings is 5.